The van der Waals surface area contributed by atoms with Gasteiger partial charge in [-0.3, -0.25) is 4.98 Å². The highest BCUT2D eigenvalue weighted by Crippen LogP contribution is 2.18. The van der Waals surface area contributed by atoms with Crippen LogP contribution >= 0.6 is 0 Å². The molecule has 126 valence electrons. The van der Waals surface area contributed by atoms with E-state index in [1.54, 1.807) is 24.6 Å². The van der Waals surface area contributed by atoms with E-state index in [9.17, 15) is 0 Å². The molecule has 0 aliphatic rings. The van der Waals surface area contributed by atoms with Gasteiger partial charge in [0, 0.05) is 37.5 Å². The molecule has 0 amide bonds. The third-order valence-electron chi connectivity index (χ3n) is 3.73. The molecule has 4 heterocycles. The average molecular weight is 335 g/mol. The summed E-state index contributed by atoms with van der Waals surface area (Å²) < 4.78 is 6.83. The summed E-state index contributed by atoms with van der Waals surface area (Å²) in [5.41, 5.74) is 8.50. The standard InChI is InChI=1S/C17H17N7O/c18-17-21-13(11-19-8-6-12-4-1-2-7-20-12)10-15-22-16(23-24(15)17)14-5-3-9-25-14/h1-5,7,9-10,19H,6,8,11H2,(H2,18,21). The predicted octanol–water partition coefficient (Wildman–Crippen LogP) is 1.69. The number of hydrogen-bond donors (Lipinski definition) is 2. The largest absolute Gasteiger partial charge is 0.461 e. The Hall–Kier alpha value is -3.26. The second-order valence-corrected chi connectivity index (χ2v) is 5.54. The summed E-state index contributed by atoms with van der Waals surface area (Å²) in [7, 11) is 0. The zero-order valence-corrected chi connectivity index (χ0v) is 13.5. The Morgan fingerprint density at radius 1 is 1.12 bits per heavy atom. The number of nitrogen functional groups attached to an aromatic ring is 1. The Morgan fingerprint density at radius 3 is 2.88 bits per heavy atom. The zero-order valence-electron chi connectivity index (χ0n) is 13.5. The van der Waals surface area contributed by atoms with Gasteiger partial charge in [0.05, 0.1) is 12.0 Å². The molecule has 3 N–H and O–H groups in total. The van der Waals surface area contributed by atoms with Crippen LogP contribution in [0.4, 0.5) is 5.95 Å². The van der Waals surface area contributed by atoms with Crippen molar-refractivity contribution in [2.75, 3.05) is 12.3 Å². The van der Waals surface area contributed by atoms with Crippen molar-refractivity contribution in [3.8, 4) is 11.6 Å². The number of rotatable bonds is 6. The third kappa shape index (κ3) is 3.33. The van der Waals surface area contributed by atoms with Crippen molar-refractivity contribution in [1.29, 1.82) is 0 Å². The van der Waals surface area contributed by atoms with Crippen molar-refractivity contribution in [2.24, 2.45) is 0 Å². The van der Waals surface area contributed by atoms with Crippen LogP contribution in [-0.2, 0) is 13.0 Å². The van der Waals surface area contributed by atoms with Crippen molar-refractivity contribution < 1.29 is 4.42 Å². The number of hydrogen-bond acceptors (Lipinski definition) is 7. The van der Waals surface area contributed by atoms with Crippen molar-refractivity contribution in [3.63, 3.8) is 0 Å². The number of nitrogens with zero attached hydrogens (tertiary/aromatic N) is 5. The average Bonchev–Trinajstić information content (AvgIpc) is 3.29. The maximum atomic E-state index is 6.00. The fourth-order valence-corrected chi connectivity index (χ4v) is 2.54. The van der Waals surface area contributed by atoms with E-state index in [-0.39, 0.29) is 0 Å². The Labute approximate surface area is 143 Å². The van der Waals surface area contributed by atoms with Crippen molar-refractivity contribution in [3.05, 3.63) is 60.2 Å². The Balaban J connectivity index is 1.45. The van der Waals surface area contributed by atoms with Gasteiger partial charge < -0.3 is 15.5 Å². The molecule has 4 rings (SSSR count). The predicted molar refractivity (Wildman–Crippen MR) is 92.5 cm³/mol. The lowest BCUT2D eigenvalue weighted by Crippen LogP contribution is -2.18. The normalized spacial score (nSPS) is 11.2. The van der Waals surface area contributed by atoms with E-state index in [2.05, 4.69) is 25.4 Å². The molecule has 0 saturated heterocycles. The van der Waals surface area contributed by atoms with E-state index in [1.807, 2.05) is 24.3 Å². The number of pyridine rings is 1. The SMILES string of the molecule is Nc1nc(CNCCc2ccccn2)cc2nc(-c3ccco3)nn12. The van der Waals surface area contributed by atoms with E-state index in [1.165, 1.54) is 4.52 Å². The van der Waals surface area contributed by atoms with Gasteiger partial charge in [-0.2, -0.15) is 4.52 Å². The summed E-state index contributed by atoms with van der Waals surface area (Å²) >= 11 is 0. The first-order chi connectivity index (χ1) is 12.3. The molecular weight excluding hydrogens is 318 g/mol. The minimum absolute atomic E-state index is 0.296. The number of nitrogens with two attached hydrogens (primary N) is 1. The lowest BCUT2D eigenvalue weighted by molar-refractivity contribution is 0.577. The first-order valence-electron chi connectivity index (χ1n) is 7.96. The van der Waals surface area contributed by atoms with Crippen LogP contribution in [0.25, 0.3) is 17.2 Å². The molecule has 0 bridgehead atoms. The molecule has 0 spiro atoms. The molecule has 4 aromatic heterocycles. The molecule has 0 saturated carbocycles. The van der Waals surface area contributed by atoms with E-state index in [4.69, 9.17) is 10.2 Å². The number of nitrogens with one attached hydrogen (secondary N) is 1. The molecule has 8 nitrogen and oxygen atoms in total. The van der Waals surface area contributed by atoms with E-state index >= 15 is 0 Å². The summed E-state index contributed by atoms with van der Waals surface area (Å²) in [6.07, 6.45) is 4.24. The van der Waals surface area contributed by atoms with E-state index in [0.717, 1.165) is 24.4 Å². The zero-order chi connectivity index (χ0) is 17.1. The summed E-state index contributed by atoms with van der Waals surface area (Å²) in [4.78, 5) is 13.1. The van der Waals surface area contributed by atoms with Gasteiger partial charge in [0.15, 0.2) is 11.4 Å². The van der Waals surface area contributed by atoms with Gasteiger partial charge in [-0.25, -0.2) is 9.97 Å². The Bertz CT molecular complexity index is 964. The fourth-order valence-electron chi connectivity index (χ4n) is 2.54. The van der Waals surface area contributed by atoms with Crippen molar-refractivity contribution in [2.45, 2.75) is 13.0 Å². The fraction of sp³-hybridized carbons (Fsp3) is 0.176. The molecule has 0 aliphatic heterocycles. The minimum Gasteiger partial charge on any atom is -0.461 e. The summed E-state index contributed by atoms with van der Waals surface area (Å²) in [5, 5.41) is 7.67. The highest BCUT2D eigenvalue weighted by atomic mass is 16.3. The number of aromatic nitrogens is 5. The quantitative estimate of drug-likeness (QED) is 0.516. The summed E-state index contributed by atoms with van der Waals surface area (Å²) in [5.74, 6) is 1.38. The van der Waals surface area contributed by atoms with Crippen LogP contribution < -0.4 is 11.1 Å². The maximum absolute atomic E-state index is 6.00. The van der Waals surface area contributed by atoms with E-state index < -0.39 is 0 Å². The van der Waals surface area contributed by atoms with Gasteiger partial charge in [0.2, 0.25) is 11.8 Å². The van der Waals surface area contributed by atoms with Crippen molar-refractivity contribution in [1.82, 2.24) is 29.9 Å². The van der Waals surface area contributed by atoms with Gasteiger partial charge in [-0.1, -0.05) is 6.07 Å². The molecule has 0 fully saturated rings. The molecule has 8 heteroatoms. The monoisotopic (exact) mass is 335 g/mol. The number of furan rings is 1. The lowest BCUT2D eigenvalue weighted by Gasteiger charge is -2.05. The molecular formula is C17H17N7O. The van der Waals surface area contributed by atoms with Gasteiger partial charge >= 0.3 is 0 Å². The highest BCUT2D eigenvalue weighted by Gasteiger charge is 2.12. The maximum Gasteiger partial charge on any atom is 0.223 e. The smallest absolute Gasteiger partial charge is 0.223 e. The van der Waals surface area contributed by atoms with Crippen LogP contribution in [0.15, 0.2) is 53.3 Å². The summed E-state index contributed by atoms with van der Waals surface area (Å²) in [6.45, 7) is 1.39. The van der Waals surface area contributed by atoms with Crippen LogP contribution in [0.1, 0.15) is 11.4 Å². The first-order valence-corrected chi connectivity index (χ1v) is 7.96. The topological polar surface area (TPSA) is 107 Å². The van der Waals surface area contributed by atoms with Crippen molar-refractivity contribution >= 4 is 11.6 Å². The highest BCUT2D eigenvalue weighted by molar-refractivity contribution is 5.54. The molecule has 0 aromatic carbocycles. The van der Waals surface area contributed by atoms with Crippen LogP contribution in [0.3, 0.4) is 0 Å². The van der Waals surface area contributed by atoms with Crippen LogP contribution in [-0.4, -0.2) is 31.1 Å². The van der Waals surface area contributed by atoms with Gasteiger partial charge in [-0.05, 0) is 24.3 Å². The molecule has 0 radical (unpaired) electrons. The molecule has 4 aromatic rings. The number of anilines is 1. The third-order valence-corrected chi connectivity index (χ3v) is 3.73. The summed E-state index contributed by atoms with van der Waals surface area (Å²) in [6, 6.07) is 11.4. The van der Waals surface area contributed by atoms with Gasteiger partial charge in [0.1, 0.15) is 0 Å². The second-order valence-electron chi connectivity index (χ2n) is 5.54. The van der Waals surface area contributed by atoms with Crippen LogP contribution in [0, 0.1) is 0 Å². The van der Waals surface area contributed by atoms with Crippen LogP contribution in [0.2, 0.25) is 0 Å². The molecule has 25 heavy (non-hydrogen) atoms. The lowest BCUT2D eigenvalue weighted by atomic mass is 10.2. The molecule has 0 aliphatic carbocycles. The van der Waals surface area contributed by atoms with Gasteiger partial charge in [-0.15, -0.1) is 5.10 Å². The molecule has 0 unspecified atom stereocenters. The number of fused-ring (bicyclic) bond motifs is 1. The minimum atomic E-state index is 0.296. The van der Waals surface area contributed by atoms with Crippen LogP contribution in [0.5, 0.6) is 0 Å². The van der Waals surface area contributed by atoms with E-state index in [0.29, 0.717) is 29.7 Å². The molecule has 0 atom stereocenters. The Morgan fingerprint density at radius 2 is 2.08 bits per heavy atom. The Kier molecular flexibility index (Phi) is 4.09. The van der Waals surface area contributed by atoms with Gasteiger partial charge in [0.25, 0.3) is 0 Å². The second kappa shape index (κ2) is 6.70. The first kappa shape index (κ1) is 15.3.